The Labute approximate surface area is 141 Å². The molecule has 0 radical (unpaired) electrons. The minimum Gasteiger partial charge on any atom is -0.482 e. The van der Waals surface area contributed by atoms with Gasteiger partial charge in [-0.3, -0.25) is 14.5 Å². The molecule has 0 spiro atoms. The Kier molecular flexibility index (Phi) is 4.62. The van der Waals surface area contributed by atoms with Gasteiger partial charge in [-0.25, -0.2) is 0 Å². The highest BCUT2D eigenvalue weighted by atomic mass is 16.5. The number of ketones is 1. The molecule has 24 heavy (non-hydrogen) atoms. The minimum absolute atomic E-state index is 0.00855. The third-order valence-corrected chi connectivity index (χ3v) is 4.09. The van der Waals surface area contributed by atoms with Gasteiger partial charge in [0, 0.05) is 5.56 Å². The summed E-state index contributed by atoms with van der Waals surface area (Å²) >= 11 is 0. The average molecular weight is 324 g/mol. The number of carbonyl (C=O) groups is 2. The molecular formula is C19H20N2O3. The van der Waals surface area contributed by atoms with Crippen molar-refractivity contribution >= 4 is 17.4 Å². The van der Waals surface area contributed by atoms with Gasteiger partial charge in [-0.1, -0.05) is 30.3 Å². The molecule has 1 heterocycles. The number of hydrogen-bond acceptors (Lipinski definition) is 4. The molecule has 1 atom stereocenters. The second-order valence-corrected chi connectivity index (χ2v) is 6.08. The maximum Gasteiger partial charge on any atom is 0.262 e. The van der Waals surface area contributed by atoms with E-state index in [4.69, 9.17) is 4.74 Å². The number of benzene rings is 2. The summed E-state index contributed by atoms with van der Waals surface area (Å²) in [6.07, 6.45) is 0.632. The van der Waals surface area contributed by atoms with Crippen LogP contribution in [0.25, 0.3) is 0 Å². The van der Waals surface area contributed by atoms with E-state index >= 15 is 0 Å². The maximum atomic E-state index is 13.0. The molecule has 1 aliphatic heterocycles. The number of nitrogens with zero attached hydrogens (tertiary/aromatic N) is 1. The Bertz CT molecular complexity index is 756. The standard InChI is InChI=1S/C19H20N2O3/c1-21(2)16(10-13-6-4-3-5-7-13)19(23)14-8-9-17-15(11-14)20-18(22)12-24-17/h3-9,11,16H,10,12H2,1-2H3,(H,20,22). The number of fused-ring (bicyclic) bond motifs is 1. The lowest BCUT2D eigenvalue weighted by atomic mass is 9.96. The molecule has 5 heteroatoms. The fraction of sp³-hybridized carbons (Fsp3) is 0.263. The summed E-state index contributed by atoms with van der Waals surface area (Å²) in [5.74, 6) is 0.405. The van der Waals surface area contributed by atoms with Crippen molar-refractivity contribution in [1.82, 2.24) is 4.90 Å². The normalized spacial score (nSPS) is 14.5. The van der Waals surface area contributed by atoms with Gasteiger partial charge in [0.05, 0.1) is 11.7 Å². The molecule has 0 bridgehead atoms. The number of anilines is 1. The number of Topliss-reactive ketones (excluding diaryl/α,β-unsaturated/α-hetero) is 1. The molecule has 1 amide bonds. The van der Waals surface area contributed by atoms with Crippen molar-refractivity contribution in [1.29, 1.82) is 0 Å². The molecule has 2 aromatic rings. The lowest BCUT2D eigenvalue weighted by Crippen LogP contribution is -2.38. The minimum atomic E-state index is -0.273. The van der Waals surface area contributed by atoms with Crippen LogP contribution in [0.4, 0.5) is 5.69 Å². The number of hydrogen-bond donors (Lipinski definition) is 1. The third-order valence-electron chi connectivity index (χ3n) is 4.09. The Morgan fingerprint density at radius 3 is 2.67 bits per heavy atom. The van der Waals surface area contributed by atoms with Gasteiger partial charge in [0.25, 0.3) is 5.91 Å². The van der Waals surface area contributed by atoms with Crippen LogP contribution in [-0.4, -0.2) is 43.3 Å². The number of carbonyl (C=O) groups excluding carboxylic acids is 2. The molecule has 0 saturated carbocycles. The summed E-state index contributed by atoms with van der Waals surface area (Å²) in [6, 6.07) is 14.8. The van der Waals surface area contributed by atoms with E-state index in [0.717, 1.165) is 5.56 Å². The van der Waals surface area contributed by atoms with Crippen LogP contribution in [-0.2, 0) is 11.2 Å². The highest BCUT2D eigenvalue weighted by Crippen LogP contribution is 2.29. The zero-order valence-corrected chi connectivity index (χ0v) is 13.8. The van der Waals surface area contributed by atoms with E-state index in [1.54, 1.807) is 18.2 Å². The van der Waals surface area contributed by atoms with Crippen molar-refractivity contribution in [3.63, 3.8) is 0 Å². The Morgan fingerprint density at radius 1 is 1.21 bits per heavy atom. The summed E-state index contributed by atoms with van der Waals surface area (Å²) in [5.41, 5.74) is 2.22. The molecule has 1 N–H and O–H groups in total. The molecule has 124 valence electrons. The molecular weight excluding hydrogens is 304 g/mol. The zero-order chi connectivity index (χ0) is 17.1. The second-order valence-electron chi connectivity index (χ2n) is 6.08. The van der Waals surface area contributed by atoms with Crippen LogP contribution in [0.3, 0.4) is 0 Å². The average Bonchev–Trinajstić information content (AvgIpc) is 2.59. The fourth-order valence-electron chi connectivity index (χ4n) is 2.78. The molecule has 0 fully saturated rings. The molecule has 1 aliphatic rings. The molecule has 3 rings (SSSR count). The molecule has 2 aromatic carbocycles. The number of nitrogens with one attached hydrogen (secondary N) is 1. The van der Waals surface area contributed by atoms with Crippen LogP contribution in [0.1, 0.15) is 15.9 Å². The van der Waals surface area contributed by atoms with Gasteiger partial charge in [-0.05, 0) is 44.3 Å². The SMILES string of the molecule is CN(C)C(Cc1ccccc1)C(=O)c1ccc2c(c1)NC(=O)CO2. The van der Waals surface area contributed by atoms with Crippen LogP contribution >= 0.6 is 0 Å². The lowest BCUT2D eigenvalue weighted by molar-refractivity contribution is -0.118. The van der Waals surface area contributed by atoms with Crippen molar-refractivity contribution in [2.45, 2.75) is 12.5 Å². The van der Waals surface area contributed by atoms with Gasteiger partial charge in [-0.2, -0.15) is 0 Å². The number of rotatable bonds is 5. The number of likely N-dealkylation sites (N-methyl/N-ethyl adjacent to an activating group) is 1. The van der Waals surface area contributed by atoms with E-state index in [2.05, 4.69) is 5.32 Å². The molecule has 0 aromatic heterocycles. The molecule has 0 aliphatic carbocycles. The fourth-order valence-corrected chi connectivity index (χ4v) is 2.78. The first-order valence-corrected chi connectivity index (χ1v) is 7.86. The summed E-state index contributed by atoms with van der Waals surface area (Å²) < 4.78 is 5.34. The number of amides is 1. The van der Waals surface area contributed by atoms with Gasteiger partial charge < -0.3 is 10.1 Å². The Balaban J connectivity index is 1.85. The Morgan fingerprint density at radius 2 is 1.96 bits per heavy atom. The van der Waals surface area contributed by atoms with Gasteiger partial charge in [0.15, 0.2) is 12.4 Å². The van der Waals surface area contributed by atoms with Crippen LogP contribution in [0.2, 0.25) is 0 Å². The van der Waals surface area contributed by atoms with Crippen LogP contribution in [0.15, 0.2) is 48.5 Å². The highest BCUT2D eigenvalue weighted by Gasteiger charge is 2.24. The van der Waals surface area contributed by atoms with Crippen LogP contribution in [0.5, 0.6) is 5.75 Å². The lowest BCUT2D eigenvalue weighted by Gasteiger charge is -2.24. The van der Waals surface area contributed by atoms with Crippen LogP contribution in [0, 0.1) is 0 Å². The van der Waals surface area contributed by atoms with E-state index in [0.29, 0.717) is 23.4 Å². The summed E-state index contributed by atoms with van der Waals surface area (Å²) in [6.45, 7) is 0.00855. The van der Waals surface area contributed by atoms with Gasteiger partial charge in [0.2, 0.25) is 0 Å². The van der Waals surface area contributed by atoms with E-state index in [1.807, 2.05) is 49.3 Å². The number of ether oxygens (including phenoxy) is 1. The predicted octanol–water partition coefficient (Wildman–Crippen LogP) is 2.37. The third kappa shape index (κ3) is 3.46. The predicted molar refractivity (Wildman–Crippen MR) is 92.5 cm³/mol. The van der Waals surface area contributed by atoms with Crippen molar-refractivity contribution in [3.05, 3.63) is 59.7 Å². The summed E-state index contributed by atoms with van der Waals surface area (Å²) in [5, 5.41) is 2.74. The first-order chi connectivity index (χ1) is 11.5. The second kappa shape index (κ2) is 6.84. The molecule has 1 unspecified atom stereocenters. The summed E-state index contributed by atoms with van der Waals surface area (Å²) in [4.78, 5) is 26.3. The van der Waals surface area contributed by atoms with Crippen molar-refractivity contribution in [2.75, 3.05) is 26.0 Å². The maximum absolute atomic E-state index is 13.0. The first kappa shape index (κ1) is 16.2. The van der Waals surface area contributed by atoms with Crippen molar-refractivity contribution in [3.8, 4) is 5.75 Å². The van der Waals surface area contributed by atoms with E-state index in [9.17, 15) is 9.59 Å². The smallest absolute Gasteiger partial charge is 0.262 e. The quantitative estimate of drug-likeness (QED) is 0.858. The molecule has 0 saturated heterocycles. The van der Waals surface area contributed by atoms with Crippen LogP contribution < -0.4 is 10.1 Å². The van der Waals surface area contributed by atoms with Gasteiger partial charge in [-0.15, -0.1) is 0 Å². The van der Waals surface area contributed by atoms with Gasteiger partial charge >= 0.3 is 0 Å². The van der Waals surface area contributed by atoms with E-state index < -0.39 is 0 Å². The topological polar surface area (TPSA) is 58.6 Å². The van der Waals surface area contributed by atoms with Crippen molar-refractivity contribution < 1.29 is 14.3 Å². The van der Waals surface area contributed by atoms with E-state index in [1.165, 1.54) is 0 Å². The Hall–Kier alpha value is -2.66. The monoisotopic (exact) mass is 324 g/mol. The zero-order valence-electron chi connectivity index (χ0n) is 13.8. The first-order valence-electron chi connectivity index (χ1n) is 7.86. The largest absolute Gasteiger partial charge is 0.482 e. The summed E-state index contributed by atoms with van der Waals surface area (Å²) in [7, 11) is 3.80. The molecule has 5 nitrogen and oxygen atoms in total. The van der Waals surface area contributed by atoms with Gasteiger partial charge in [0.1, 0.15) is 5.75 Å². The van der Waals surface area contributed by atoms with Crippen molar-refractivity contribution in [2.24, 2.45) is 0 Å². The van der Waals surface area contributed by atoms with E-state index in [-0.39, 0.29) is 24.3 Å². The highest BCUT2D eigenvalue weighted by molar-refractivity contribution is 6.03.